The lowest BCUT2D eigenvalue weighted by atomic mass is 10.1. The SMILES string of the molecule is CCNc1nc(NCC(C)CCO)nc(OC)n1. The highest BCUT2D eigenvalue weighted by molar-refractivity contribution is 5.35. The van der Waals surface area contributed by atoms with E-state index in [1.54, 1.807) is 0 Å². The summed E-state index contributed by atoms with van der Waals surface area (Å²) in [6.07, 6.45) is 0.745. The number of nitrogens with one attached hydrogen (secondary N) is 2. The molecule has 0 amide bonds. The van der Waals surface area contributed by atoms with Gasteiger partial charge in [-0.1, -0.05) is 6.92 Å². The number of rotatable bonds is 8. The fourth-order valence-corrected chi connectivity index (χ4v) is 1.35. The first kappa shape index (κ1) is 14.4. The number of aromatic nitrogens is 3. The van der Waals surface area contributed by atoms with Crippen molar-refractivity contribution in [3.05, 3.63) is 0 Å². The second kappa shape index (κ2) is 7.65. The third kappa shape index (κ3) is 4.70. The van der Waals surface area contributed by atoms with Crippen LogP contribution in [0.2, 0.25) is 0 Å². The lowest BCUT2D eigenvalue weighted by Crippen LogP contribution is -2.16. The van der Waals surface area contributed by atoms with Crippen LogP contribution in [0.3, 0.4) is 0 Å². The zero-order chi connectivity index (χ0) is 13.4. The van der Waals surface area contributed by atoms with Gasteiger partial charge >= 0.3 is 6.01 Å². The Kier molecular flexibility index (Phi) is 6.13. The molecule has 102 valence electrons. The first-order chi connectivity index (χ1) is 8.69. The minimum Gasteiger partial charge on any atom is -0.467 e. The molecule has 3 N–H and O–H groups in total. The van der Waals surface area contributed by atoms with Crippen molar-refractivity contribution in [2.24, 2.45) is 5.92 Å². The van der Waals surface area contributed by atoms with Crippen molar-refractivity contribution in [2.75, 3.05) is 37.4 Å². The van der Waals surface area contributed by atoms with E-state index >= 15 is 0 Å². The standard InChI is InChI=1S/C11H21N5O2/c1-4-12-9-14-10(16-11(15-9)18-3)13-7-8(2)5-6-17/h8,17H,4-7H2,1-3H3,(H2,12,13,14,15,16). The molecule has 0 aromatic carbocycles. The van der Waals surface area contributed by atoms with Crippen LogP contribution in [0.1, 0.15) is 20.3 Å². The molecule has 1 aromatic heterocycles. The number of methoxy groups -OCH3 is 1. The van der Waals surface area contributed by atoms with E-state index in [9.17, 15) is 0 Å². The highest BCUT2D eigenvalue weighted by Gasteiger charge is 2.07. The monoisotopic (exact) mass is 255 g/mol. The number of hydrogen-bond acceptors (Lipinski definition) is 7. The zero-order valence-electron chi connectivity index (χ0n) is 11.1. The van der Waals surface area contributed by atoms with Gasteiger partial charge < -0.3 is 20.5 Å². The zero-order valence-corrected chi connectivity index (χ0v) is 11.1. The predicted octanol–water partition coefficient (Wildman–Crippen LogP) is 0.742. The summed E-state index contributed by atoms with van der Waals surface area (Å²) in [6.45, 7) is 5.62. The van der Waals surface area contributed by atoms with Gasteiger partial charge in [-0.05, 0) is 19.3 Å². The molecule has 0 aliphatic carbocycles. The van der Waals surface area contributed by atoms with Gasteiger partial charge in [0.2, 0.25) is 11.9 Å². The number of aliphatic hydroxyl groups is 1. The minimum absolute atomic E-state index is 0.187. The van der Waals surface area contributed by atoms with Crippen LogP contribution in [-0.2, 0) is 0 Å². The second-order valence-electron chi connectivity index (χ2n) is 4.00. The largest absolute Gasteiger partial charge is 0.467 e. The molecule has 0 saturated carbocycles. The molecule has 0 bridgehead atoms. The van der Waals surface area contributed by atoms with Gasteiger partial charge in [0, 0.05) is 19.7 Å². The lowest BCUT2D eigenvalue weighted by molar-refractivity contribution is 0.265. The summed E-state index contributed by atoms with van der Waals surface area (Å²) in [4.78, 5) is 12.4. The first-order valence-electron chi connectivity index (χ1n) is 6.08. The highest BCUT2D eigenvalue weighted by atomic mass is 16.5. The van der Waals surface area contributed by atoms with E-state index in [2.05, 4.69) is 25.6 Å². The Balaban J connectivity index is 2.65. The molecule has 1 heterocycles. The van der Waals surface area contributed by atoms with Crippen molar-refractivity contribution in [3.63, 3.8) is 0 Å². The van der Waals surface area contributed by atoms with Crippen molar-refractivity contribution < 1.29 is 9.84 Å². The number of anilines is 2. The van der Waals surface area contributed by atoms with Crippen LogP contribution in [0.25, 0.3) is 0 Å². The van der Waals surface area contributed by atoms with E-state index < -0.39 is 0 Å². The second-order valence-corrected chi connectivity index (χ2v) is 4.00. The smallest absolute Gasteiger partial charge is 0.322 e. The summed E-state index contributed by atoms with van der Waals surface area (Å²) in [7, 11) is 1.52. The fraction of sp³-hybridized carbons (Fsp3) is 0.727. The molecule has 7 nitrogen and oxygen atoms in total. The molecule has 0 aliphatic rings. The predicted molar refractivity (Wildman–Crippen MR) is 69.9 cm³/mol. The van der Waals surface area contributed by atoms with Crippen LogP contribution in [0.15, 0.2) is 0 Å². The summed E-state index contributed by atoms with van der Waals surface area (Å²) >= 11 is 0. The molecule has 0 saturated heterocycles. The number of nitrogens with zero attached hydrogens (tertiary/aromatic N) is 3. The number of ether oxygens (including phenoxy) is 1. The summed E-state index contributed by atoms with van der Waals surface area (Å²) in [5.74, 6) is 1.31. The van der Waals surface area contributed by atoms with Gasteiger partial charge in [-0.15, -0.1) is 0 Å². The molecule has 7 heteroatoms. The maximum atomic E-state index is 8.83. The van der Waals surface area contributed by atoms with Crippen LogP contribution in [0.4, 0.5) is 11.9 Å². The Morgan fingerprint density at radius 1 is 1.22 bits per heavy atom. The van der Waals surface area contributed by atoms with Crippen molar-refractivity contribution in [2.45, 2.75) is 20.3 Å². The molecule has 0 radical (unpaired) electrons. The third-order valence-corrected chi connectivity index (χ3v) is 2.36. The van der Waals surface area contributed by atoms with Gasteiger partial charge in [0.1, 0.15) is 0 Å². The van der Waals surface area contributed by atoms with Crippen LogP contribution >= 0.6 is 0 Å². The molecule has 1 rings (SSSR count). The highest BCUT2D eigenvalue weighted by Crippen LogP contribution is 2.11. The topological polar surface area (TPSA) is 92.2 Å². The summed E-state index contributed by atoms with van der Waals surface area (Å²) in [6, 6.07) is 0.276. The Bertz CT molecular complexity index is 361. The molecule has 0 spiro atoms. The van der Waals surface area contributed by atoms with Crippen LogP contribution < -0.4 is 15.4 Å². The van der Waals surface area contributed by atoms with Crippen molar-refractivity contribution in [1.82, 2.24) is 15.0 Å². The molecular formula is C11H21N5O2. The van der Waals surface area contributed by atoms with Gasteiger partial charge in [0.05, 0.1) is 7.11 Å². The van der Waals surface area contributed by atoms with E-state index in [1.807, 2.05) is 13.8 Å². The van der Waals surface area contributed by atoms with Gasteiger partial charge in [-0.3, -0.25) is 0 Å². The van der Waals surface area contributed by atoms with Crippen LogP contribution in [0.5, 0.6) is 6.01 Å². The molecule has 18 heavy (non-hydrogen) atoms. The molecule has 1 aromatic rings. The number of hydrogen-bond donors (Lipinski definition) is 3. The number of aliphatic hydroxyl groups excluding tert-OH is 1. The third-order valence-electron chi connectivity index (χ3n) is 2.36. The van der Waals surface area contributed by atoms with Crippen molar-refractivity contribution >= 4 is 11.9 Å². The van der Waals surface area contributed by atoms with E-state index in [-0.39, 0.29) is 12.6 Å². The maximum Gasteiger partial charge on any atom is 0.322 e. The molecule has 0 aliphatic heterocycles. The lowest BCUT2D eigenvalue weighted by Gasteiger charge is -2.12. The summed E-state index contributed by atoms with van der Waals surface area (Å²) in [5, 5.41) is 15.0. The van der Waals surface area contributed by atoms with Gasteiger partial charge in [0.15, 0.2) is 0 Å². The van der Waals surface area contributed by atoms with Crippen LogP contribution in [-0.4, -0.2) is 46.9 Å². The molecule has 1 unspecified atom stereocenters. The average molecular weight is 255 g/mol. The Hall–Kier alpha value is -1.63. The van der Waals surface area contributed by atoms with Gasteiger partial charge in [0.25, 0.3) is 0 Å². The fourth-order valence-electron chi connectivity index (χ4n) is 1.35. The Morgan fingerprint density at radius 3 is 2.44 bits per heavy atom. The van der Waals surface area contributed by atoms with Crippen molar-refractivity contribution in [3.8, 4) is 6.01 Å². The molecular weight excluding hydrogens is 234 g/mol. The average Bonchev–Trinajstić information content (AvgIpc) is 2.37. The van der Waals surface area contributed by atoms with Gasteiger partial charge in [-0.2, -0.15) is 15.0 Å². The Morgan fingerprint density at radius 2 is 1.89 bits per heavy atom. The molecule has 0 fully saturated rings. The quantitative estimate of drug-likeness (QED) is 0.631. The van der Waals surface area contributed by atoms with Crippen LogP contribution in [0, 0.1) is 5.92 Å². The van der Waals surface area contributed by atoms with E-state index in [0.29, 0.717) is 24.4 Å². The minimum atomic E-state index is 0.187. The Labute approximate surface area is 107 Å². The van der Waals surface area contributed by atoms with E-state index in [4.69, 9.17) is 9.84 Å². The normalized spacial score (nSPS) is 12.0. The summed E-state index contributed by atoms with van der Waals surface area (Å²) in [5.41, 5.74) is 0. The van der Waals surface area contributed by atoms with E-state index in [1.165, 1.54) is 7.11 Å². The van der Waals surface area contributed by atoms with Gasteiger partial charge in [-0.25, -0.2) is 0 Å². The van der Waals surface area contributed by atoms with E-state index in [0.717, 1.165) is 13.0 Å². The maximum absolute atomic E-state index is 8.83. The van der Waals surface area contributed by atoms with Crippen molar-refractivity contribution in [1.29, 1.82) is 0 Å². The molecule has 1 atom stereocenters. The summed E-state index contributed by atoms with van der Waals surface area (Å²) < 4.78 is 5.01. The first-order valence-corrected chi connectivity index (χ1v) is 6.08.